The number of carbonyl (C=O) groups is 1. The average Bonchev–Trinajstić information content (AvgIpc) is 2.92. The second kappa shape index (κ2) is 5.54. The maximum Gasteiger partial charge on any atom is 0.471 e. The average molecular weight is 341 g/mol. The van der Waals surface area contributed by atoms with E-state index in [0.717, 1.165) is 17.1 Å². The van der Waals surface area contributed by atoms with E-state index in [9.17, 15) is 18.0 Å². The van der Waals surface area contributed by atoms with Gasteiger partial charge >= 0.3 is 12.1 Å². The van der Waals surface area contributed by atoms with E-state index in [2.05, 4.69) is 15.0 Å². The summed E-state index contributed by atoms with van der Waals surface area (Å²) in [4.78, 5) is 21.7. The van der Waals surface area contributed by atoms with Gasteiger partial charge in [-0.1, -0.05) is 18.2 Å². The normalized spacial score (nSPS) is 11.7. The summed E-state index contributed by atoms with van der Waals surface area (Å²) in [5.41, 5.74) is 1.19. The van der Waals surface area contributed by atoms with E-state index in [1.54, 1.807) is 29.7 Å². The summed E-state index contributed by atoms with van der Waals surface area (Å²) in [6.07, 6.45) is -2.40. The predicted octanol–water partition coefficient (Wildman–Crippen LogP) is 3.78. The molecule has 1 aromatic carbocycles. The lowest BCUT2D eigenvalue weighted by atomic mass is 10.1. The van der Waals surface area contributed by atoms with Crippen LogP contribution in [0.25, 0.3) is 22.2 Å². The predicted molar refractivity (Wildman–Crippen MR) is 79.0 cm³/mol. The van der Waals surface area contributed by atoms with E-state index >= 15 is 0 Å². The number of hydrogen-bond donors (Lipinski definition) is 2. The molecule has 2 N–H and O–H groups in total. The zero-order valence-electron chi connectivity index (χ0n) is 11.3. The number of halogens is 4. The highest BCUT2D eigenvalue weighted by Gasteiger charge is 2.39. The number of amides is 1. The number of para-hydroxylation sites is 1. The second-order valence-corrected chi connectivity index (χ2v) is 4.94. The molecule has 0 radical (unpaired) electrons. The van der Waals surface area contributed by atoms with Crippen molar-refractivity contribution >= 4 is 34.1 Å². The van der Waals surface area contributed by atoms with Gasteiger partial charge in [-0.2, -0.15) is 13.2 Å². The van der Waals surface area contributed by atoms with Crippen molar-refractivity contribution in [2.45, 2.75) is 6.18 Å². The molecule has 0 aliphatic carbocycles. The van der Waals surface area contributed by atoms with Crippen molar-refractivity contribution in [3.05, 3.63) is 41.9 Å². The minimum atomic E-state index is -5.02. The summed E-state index contributed by atoms with van der Waals surface area (Å²) >= 11 is 5.74. The molecule has 2 heterocycles. The number of carbonyl (C=O) groups excluding carboxylic acids is 1. The number of H-pyrrole nitrogens is 1. The first-order valence-electron chi connectivity index (χ1n) is 6.33. The zero-order chi connectivity index (χ0) is 16.6. The van der Waals surface area contributed by atoms with Gasteiger partial charge in [0.05, 0.1) is 11.9 Å². The Morgan fingerprint density at radius 1 is 1.26 bits per heavy atom. The molecule has 0 fully saturated rings. The third-order valence-corrected chi connectivity index (χ3v) is 3.29. The van der Waals surface area contributed by atoms with Crippen LogP contribution >= 0.6 is 11.6 Å². The lowest BCUT2D eigenvalue weighted by Gasteiger charge is -2.11. The monoisotopic (exact) mass is 340 g/mol. The highest BCUT2D eigenvalue weighted by molar-refractivity contribution is 6.28. The van der Waals surface area contributed by atoms with Crippen LogP contribution in [0.5, 0.6) is 0 Å². The SMILES string of the molecule is O=C(Nc1cnc(Cl)nc1-c1c[nH]c2ccccc12)C(F)(F)F. The van der Waals surface area contributed by atoms with E-state index in [1.165, 1.54) is 0 Å². The molecular formula is C14H8ClF3N4O. The van der Waals surface area contributed by atoms with Gasteiger partial charge in [0.25, 0.3) is 0 Å². The van der Waals surface area contributed by atoms with Gasteiger partial charge < -0.3 is 10.3 Å². The van der Waals surface area contributed by atoms with Crippen molar-refractivity contribution in [1.82, 2.24) is 15.0 Å². The van der Waals surface area contributed by atoms with Crippen LogP contribution in [0.1, 0.15) is 0 Å². The van der Waals surface area contributed by atoms with Gasteiger partial charge in [-0.05, 0) is 17.7 Å². The van der Waals surface area contributed by atoms with E-state index in [4.69, 9.17) is 11.6 Å². The molecule has 2 aromatic heterocycles. The van der Waals surface area contributed by atoms with Crippen LogP contribution in [0.2, 0.25) is 5.28 Å². The molecule has 23 heavy (non-hydrogen) atoms. The molecule has 0 saturated heterocycles. The van der Waals surface area contributed by atoms with Crippen molar-refractivity contribution in [2.75, 3.05) is 5.32 Å². The summed E-state index contributed by atoms with van der Waals surface area (Å²) in [5, 5.41) is 2.35. The summed E-state index contributed by atoms with van der Waals surface area (Å²) < 4.78 is 37.4. The Bertz CT molecular complexity index is 891. The molecule has 3 rings (SSSR count). The highest BCUT2D eigenvalue weighted by atomic mass is 35.5. The zero-order valence-corrected chi connectivity index (χ0v) is 12.0. The van der Waals surface area contributed by atoms with Crippen LogP contribution in [0, 0.1) is 0 Å². The number of benzene rings is 1. The standard InChI is InChI=1S/C14H8ClF3N4O/c15-13-20-6-10(21-12(23)14(16,17)18)11(22-13)8-5-19-9-4-2-1-3-7(8)9/h1-6,19H,(H,21,23). The molecule has 0 spiro atoms. The molecule has 0 saturated carbocycles. The number of aromatic nitrogens is 3. The Labute approximate surface area is 132 Å². The number of anilines is 1. The van der Waals surface area contributed by atoms with Gasteiger partial charge in [0.15, 0.2) is 0 Å². The van der Waals surface area contributed by atoms with E-state index in [1.807, 2.05) is 6.07 Å². The largest absolute Gasteiger partial charge is 0.471 e. The Balaban J connectivity index is 2.12. The Hall–Kier alpha value is -2.61. The molecule has 0 aliphatic rings. The molecule has 9 heteroatoms. The first-order valence-corrected chi connectivity index (χ1v) is 6.71. The Kier molecular flexibility index (Phi) is 3.69. The molecule has 0 bridgehead atoms. The van der Waals surface area contributed by atoms with Gasteiger partial charge in [-0.25, -0.2) is 9.97 Å². The molecule has 3 aromatic rings. The summed E-state index contributed by atoms with van der Waals surface area (Å²) in [6.45, 7) is 0. The minimum Gasteiger partial charge on any atom is -0.360 e. The number of nitrogens with one attached hydrogen (secondary N) is 2. The van der Waals surface area contributed by atoms with Crippen LogP contribution in [0.15, 0.2) is 36.7 Å². The van der Waals surface area contributed by atoms with Gasteiger partial charge in [0.1, 0.15) is 5.69 Å². The lowest BCUT2D eigenvalue weighted by molar-refractivity contribution is -0.167. The fourth-order valence-electron chi connectivity index (χ4n) is 2.12. The second-order valence-electron chi connectivity index (χ2n) is 4.60. The first-order chi connectivity index (χ1) is 10.9. The molecule has 5 nitrogen and oxygen atoms in total. The lowest BCUT2D eigenvalue weighted by Crippen LogP contribution is -2.30. The third kappa shape index (κ3) is 2.98. The van der Waals surface area contributed by atoms with E-state index in [0.29, 0.717) is 5.56 Å². The van der Waals surface area contributed by atoms with Crippen molar-refractivity contribution in [3.63, 3.8) is 0 Å². The van der Waals surface area contributed by atoms with E-state index < -0.39 is 12.1 Å². The molecule has 0 unspecified atom stereocenters. The van der Waals surface area contributed by atoms with Gasteiger partial charge in [0.2, 0.25) is 5.28 Å². The number of fused-ring (bicyclic) bond motifs is 1. The molecule has 0 atom stereocenters. The van der Waals surface area contributed by atoms with Gasteiger partial charge in [-0.15, -0.1) is 0 Å². The maximum atomic E-state index is 12.5. The Morgan fingerprint density at radius 2 is 2.00 bits per heavy atom. The maximum absolute atomic E-state index is 12.5. The number of nitrogens with zero attached hydrogens (tertiary/aromatic N) is 2. The van der Waals surface area contributed by atoms with Crippen LogP contribution in [0.3, 0.4) is 0 Å². The quantitative estimate of drug-likeness (QED) is 0.697. The number of hydrogen-bond acceptors (Lipinski definition) is 3. The number of aromatic amines is 1. The molecule has 1 amide bonds. The fourth-order valence-corrected chi connectivity index (χ4v) is 2.25. The van der Waals surface area contributed by atoms with Gasteiger partial charge in [0, 0.05) is 22.7 Å². The molecule has 118 valence electrons. The minimum absolute atomic E-state index is 0.0973. The van der Waals surface area contributed by atoms with Crippen LogP contribution in [0.4, 0.5) is 18.9 Å². The van der Waals surface area contributed by atoms with Crippen LogP contribution in [-0.2, 0) is 4.79 Å². The third-order valence-electron chi connectivity index (χ3n) is 3.11. The smallest absolute Gasteiger partial charge is 0.360 e. The molecular weight excluding hydrogens is 333 g/mol. The van der Waals surface area contributed by atoms with Crippen molar-refractivity contribution < 1.29 is 18.0 Å². The van der Waals surface area contributed by atoms with Crippen LogP contribution < -0.4 is 5.32 Å². The number of rotatable bonds is 2. The highest BCUT2D eigenvalue weighted by Crippen LogP contribution is 2.33. The van der Waals surface area contributed by atoms with Crippen molar-refractivity contribution in [2.24, 2.45) is 0 Å². The summed E-state index contributed by atoms with van der Waals surface area (Å²) in [5.74, 6) is -2.11. The van der Waals surface area contributed by atoms with Gasteiger partial charge in [-0.3, -0.25) is 4.79 Å². The molecule has 0 aliphatic heterocycles. The van der Waals surface area contributed by atoms with Crippen LogP contribution in [-0.4, -0.2) is 27.0 Å². The Morgan fingerprint density at radius 3 is 2.74 bits per heavy atom. The van der Waals surface area contributed by atoms with Crippen molar-refractivity contribution in [3.8, 4) is 11.3 Å². The fraction of sp³-hybridized carbons (Fsp3) is 0.0714. The van der Waals surface area contributed by atoms with E-state index in [-0.39, 0.29) is 16.7 Å². The summed E-state index contributed by atoms with van der Waals surface area (Å²) in [7, 11) is 0. The van der Waals surface area contributed by atoms with Crippen molar-refractivity contribution in [1.29, 1.82) is 0 Å². The number of alkyl halides is 3. The first kappa shape index (κ1) is 15.3. The topological polar surface area (TPSA) is 70.7 Å². The summed E-state index contributed by atoms with van der Waals surface area (Å²) in [6, 6.07) is 7.15.